The van der Waals surface area contributed by atoms with Crippen molar-refractivity contribution in [3.8, 4) is 5.40 Å². The lowest BCUT2D eigenvalue weighted by Crippen LogP contribution is -2.14. The number of sulfonamides is 1. The van der Waals surface area contributed by atoms with Gasteiger partial charge in [0.05, 0.1) is 22.8 Å². The summed E-state index contributed by atoms with van der Waals surface area (Å²) in [5.41, 5.74) is 1.54. The molecule has 2 aromatic rings. The normalized spacial score (nSPS) is 10.8. The molecular weight excluding hydrogens is 372 g/mol. The van der Waals surface area contributed by atoms with Gasteiger partial charge in [0.25, 0.3) is 10.0 Å². The third-order valence-corrected chi connectivity index (χ3v) is 5.50. The predicted molar refractivity (Wildman–Crippen MR) is 100 cm³/mol. The Kier molecular flexibility index (Phi) is 6.66. The van der Waals surface area contributed by atoms with Crippen molar-refractivity contribution in [1.29, 1.82) is 5.26 Å². The lowest BCUT2D eigenvalue weighted by Gasteiger charge is -2.13. The Morgan fingerprint density at radius 1 is 1.19 bits per heavy atom. The highest BCUT2D eigenvalue weighted by Gasteiger charge is 2.17. The molecule has 0 fully saturated rings. The summed E-state index contributed by atoms with van der Waals surface area (Å²) in [6, 6.07) is 10.7. The number of carbonyl (C=O) groups excluding carboxylic acids is 1. The molecular formula is C18H18N2O4S2. The van der Waals surface area contributed by atoms with Gasteiger partial charge in [0, 0.05) is 4.90 Å². The standard InChI is InChI=1S/C18H18N2O4S2/c1-3-13-11-15(25-12-19)7-10-17(13)20-26(22,23)16-8-5-14(6-9-16)18(21)24-4-2/h5-11,20H,3-4H2,1-2H3. The van der Waals surface area contributed by atoms with E-state index in [4.69, 9.17) is 10.00 Å². The van der Waals surface area contributed by atoms with E-state index in [1.165, 1.54) is 24.3 Å². The minimum Gasteiger partial charge on any atom is -0.462 e. The van der Waals surface area contributed by atoms with Crippen molar-refractivity contribution < 1.29 is 17.9 Å². The Morgan fingerprint density at radius 2 is 1.88 bits per heavy atom. The molecule has 2 aromatic carbocycles. The van der Waals surface area contributed by atoms with Crippen LogP contribution in [-0.4, -0.2) is 21.0 Å². The van der Waals surface area contributed by atoms with Crippen LogP contribution in [0.2, 0.25) is 0 Å². The van der Waals surface area contributed by atoms with Gasteiger partial charge < -0.3 is 4.74 Å². The van der Waals surface area contributed by atoms with Crippen molar-refractivity contribution in [2.45, 2.75) is 30.1 Å². The van der Waals surface area contributed by atoms with Crippen LogP contribution in [0.5, 0.6) is 0 Å². The molecule has 1 N–H and O–H groups in total. The summed E-state index contributed by atoms with van der Waals surface area (Å²) < 4.78 is 32.6. The third-order valence-electron chi connectivity index (χ3n) is 3.54. The molecule has 0 aliphatic heterocycles. The van der Waals surface area contributed by atoms with E-state index in [1.807, 2.05) is 12.3 Å². The van der Waals surface area contributed by atoms with E-state index in [2.05, 4.69) is 4.72 Å². The molecule has 0 spiro atoms. The molecule has 0 bridgehead atoms. The van der Waals surface area contributed by atoms with Crippen LogP contribution in [0.3, 0.4) is 0 Å². The van der Waals surface area contributed by atoms with E-state index in [0.29, 0.717) is 12.1 Å². The zero-order chi connectivity index (χ0) is 19.2. The topological polar surface area (TPSA) is 96.3 Å². The second kappa shape index (κ2) is 8.74. The molecule has 26 heavy (non-hydrogen) atoms. The maximum atomic E-state index is 12.6. The van der Waals surface area contributed by atoms with Crippen LogP contribution in [0.1, 0.15) is 29.8 Å². The first-order valence-corrected chi connectivity index (χ1v) is 10.2. The highest BCUT2D eigenvalue weighted by atomic mass is 32.2. The highest BCUT2D eigenvalue weighted by Crippen LogP contribution is 2.26. The first-order chi connectivity index (χ1) is 12.4. The molecule has 6 nitrogen and oxygen atoms in total. The van der Waals surface area contributed by atoms with Crippen LogP contribution >= 0.6 is 11.8 Å². The summed E-state index contributed by atoms with van der Waals surface area (Å²) in [5, 5.41) is 10.7. The number of benzene rings is 2. The number of thioether (sulfide) groups is 1. The van der Waals surface area contributed by atoms with Gasteiger partial charge in [-0.3, -0.25) is 4.72 Å². The minimum absolute atomic E-state index is 0.0445. The first kappa shape index (κ1) is 19.8. The zero-order valence-corrected chi connectivity index (χ0v) is 16.0. The number of nitrogens with zero attached hydrogens (tertiary/aromatic N) is 1. The molecule has 0 saturated heterocycles. The van der Waals surface area contributed by atoms with E-state index < -0.39 is 16.0 Å². The number of rotatable bonds is 7. The van der Waals surface area contributed by atoms with Crippen molar-refractivity contribution in [3.05, 3.63) is 53.6 Å². The number of carbonyl (C=O) groups is 1. The Morgan fingerprint density at radius 3 is 2.46 bits per heavy atom. The number of hydrogen-bond donors (Lipinski definition) is 1. The lowest BCUT2D eigenvalue weighted by molar-refractivity contribution is 0.0526. The molecule has 2 rings (SSSR count). The van der Waals surface area contributed by atoms with E-state index >= 15 is 0 Å². The monoisotopic (exact) mass is 390 g/mol. The van der Waals surface area contributed by atoms with Gasteiger partial charge in [0.1, 0.15) is 5.40 Å². The van der Waals surface area contributed by atoms with Crippen molar-refractivity contribution >= 4 is 33.4 Å². The van der Waals surface area contributed by atoms with Gasteiger partial charge in [0.15, 0.2) is 0 Å². The molecule has 0 heterocycles. The molecule has 0 radical (unpaired) electrons. The fourth-order valence-electron chi connectivity index (χ4n) is 2.27. The number of thiocyanates is 1. The van der Waals surface area contributed by atoms with Crippen LogP contribution in [0.15, 0.2) is 52.3 Å². The van der Waals surface area contributed by atoms with Gasteiger partial charge in [-0.05, 0) is 73.1 Å². The third kappa shape index (κ3) is 4.77. The second-order valence-electron chi connectivity index (χ2n) is 5.22. The second-order valence-corrected chi connectivity index (χ2v) is 7.76. The molecule has 0 aliphatic rings. The predicted octanol–water partition coefficient (Wildman–Crippen LogP) is 3.80. The molecule has 0 atom stereocenters. The number of anilines is 1. The van der Waals surface area contributed by atoms with Gasteiger partial charge >= 0.3 is 5.97 Å². The van der Waals surface area contributed by atoms with Gasteiger partial charge in [-0.15, -0.1) is 0 Å². The number of nitrogens with one attached hydrogen (secondary N) is 1. The Bertz CT molecular complexity index is 933. The van der Waals surface area contributed by atoms with Gasteiger partial charge in [-0.2, -0.15) is 5.26 Å². The van der Waals surface area contributed by atoms with E-state index in [9.17, 15) is 13.2 Å². The largest absolute Gasteiger partial charge is 0.462 e. The Hall–Kier alpha value is -2.50. The average molecular weight is 390 g/mol. The van der Waals surface area contributed by atoms with Gasteiger partial charge in [-0.25, -0.2) is 13.2 Å². The van der Waals surface area contributed by atoms with Crippen LogP contribution in [0.4, 0.5) is 5.69 Å². The summed E-state index contributed by atoms with van der Waals surface area (Å²) in [4.78, 5) is 12.5. The zero-order valence-electron chi connectivity index (χ0n) is 14.4. The summed E-state index contributed by atoms with van der Waals surface area (Å²) in [7, 11) is -3.80. The number of ether oxygens (including phenoxy) is 1. The van der Waals surface area contributed by atoms with Crippen LogP contribution in [0.25, 0.3) is 0 Å². The number of hydrogen-bond acceptors (Lipinski definition) is 6. The summed E-state index contributed by atoms with van der Waals surface area (Å²) in [6.07, 6.45) is 0.611. The molecule has 0 saturated carbocycles. The molecule has 0 amide bonds. The first-order valence-electron chi connectivity index (χ1n) is 7.90. The molecule has 0 aliphatic carbocycles. The SMILES string of the molecule is CCOC(=O)c1ccc(S(=O)(=O)Nc2ccc(SC#N)cc2CC)cc1. The van der Waals surface area contributed by atoms with Crippen LogP contribution in [0, 0.1) is 10.7 Å². The van der Waals surface area contributed by atoms with Crippen molar-refractivity contribution in [1.82, 2.24) is 0 Å². The quantitative estimate of drug-likeness (QED) is 0.439. The van der Waals surface area contributed by atoms with Crippen LogP contribution in [-0.2, 0) is 21.2 Å². The van der Waals surface area contributed by atoms with Gasteiger partial charge in [-0.1, -0.05) is 6.92 Å². The van der Waals surface area contributed by atoms with E-state index in [0.717, 1.165) is 22.2 Å². The smallest absolute Gasteiger partial charge is 0.338 e. The van der Waals surface area contributed by atoms with Gasteiger partial charge in [0.2, 0.25) is 0 Å². The molecule has 0 unspecified atom stereocenters. The summed E-state index contributed by atoms with van der Waals surface area (Å²) in [6.45, 7) is 3.86. The van der Waals surface area contributed by atoms with Crippen LogP contribution < -0.4 is 4.72 Å². The van der Waals surface area contributed by atoms with Crippen molar-refractivity contribution in [2.24, 2.45) is 0 Å². The molecule has 0 aromatic heterocycles. The molecule has 8 heteroatoms. The highest BCUT2D eigenvalue weighted by molar-refractivity contribution is 8.03. The minimum atomic E-state index is -3.80. The Labute approximate surface area is 157 Å². The lowest BCUT2D eigenvalue weighted by atomic mass is 10.1. The van der Waals surface area contributed by atoms with E-state index in [-0.39, 0.29) is 17.1 Å². The summed E-state index contributed by atoms with van der Waals surface area (Å²) >= 11 is 1.02. The Balaban J connectivity index is 2.26. The number of nitriles is 1. The maximum Gasteiger partial charge on any atom is 0.338 e. The van der Waals surface area contributed by atoms with Crippen molar-refractivity contribution in [2.75, 3.05) is 11.3 Å². The van der Waals surface area contributed by atoms with E-state index in [1.54, 1.807) is 25.1 Å². The number of aryl methyl sites for hydroxylation is 1. The van der Waals surface area contributed by atoms with Crippen molar-refractivity contribution in [3.63, 3.8) is 0 Å². The summed E-state index contributed by atoms with van der Waals surface area (Å²) in [5.74, 6) is -0.497. The fraction of sp³-hybridized carbons (Fsp3) is 0.222. The average Bonchev–Trinajstić information content (AvgIpc) is 2.63. The molecule has 136 valence electrons. The number of esters is 1. The maximum absolute atomic E-state index is 12.6. The fourth-order valence-corrected chi connectivity index (χ4v) is 3.81.